The van der Waals surface area contributed by atoms with Crippen molar-refractivity contribution in [2.24, 2.45) is 40.7 Å². The van der Waals surface area contributed by atoms with Crippen LogP contribution in [-0.2, 0) is 68.7 Å². The molecular formula is C48H76N12O16S. The Labute approximate surface area is 450 Å². The molecule has 0 saturated carbocycles. The van der Waals surface area contributed by atoms with Crippen molar-refractivity contribution in [2.45, 2.75) is 160 Å². The summed E-state index contributed by atoms with van der Waals surface area (Å²) in [5.41, 5.74) is 22.3. The molecule has 0 heterocycles. The molecule has 1 aromatic carbocycles. The first-order valence-corrected chi connectivity index (χ1v) is 25.3. The van der Waals surface area contributed by atoms with Gasteiger partial charge in [-0.05, 0) is 67.6 Å². The third-order valence-corrected chi connectivity index (χ3v) is 11.6. The Hall–Kier alpha value is -7.56. The number of primary amides is 3. The average molecular weight is 1110 g/mol. The zero-order valence-electron chi connectivity index (χ0n) is 43.9. The molecule has 430 valence electrons. The summed E-state index contributed by atoms with van der Waals surface area (Å²) >= 11 is 4.06. The number of phenols is 1. The summed E-state index contributed by atoms with van der Waals surface area (Å²) in [7, 11) is 0. The molecule has 28 nitrogen and oxygen atoms in total. The largest absolute Gasteiger partial charge is 0.508 e. The number of thiol groups is 1. The lowest BCUT2D eigenvalue weighted by Crippen LogP contribution is -2.61. The lowest BCUT2D eigenvalue weighted by Gasteiger charge is -2.28. The Bertz CT molecular complexity index is 2270. The number of hydrogen-bond acceptors (Lipinski definition) is 16. The summed E-state index contributed by atoms with van der Waals surface area (Å²) in [5.74, 6) is -15.4. The molecule has 1 rings (SSSR count). The van der Waals surface area contributed by atoms with E-state index in [1.165, 1.54) is 24.3 Å². The maximum atomic E-state index is 14.1. The van der Waals surface area contributed by atoms with Gasteiger partial charge in [0.1, 0.15) is 54.1 Å². The highest BCUT2D eigenvalue weighted by Crippen LogP contribution is 2.14. The monoisotopic (exact) mass is 1110 g/mol. The zero-order valence-corrected chi connectivity index (χ0v) is 44.8. The normalized spacial score (nSPS) is 14.6. The standard InChI is InChI=1S/C48H76N12O16S/c1-22(2)15-27(49)40(67)55-30(16-23(3)4)43(70)53-28(11-13-36(50)62)41(68)56-31(17-24(5)6)44(71)54-29(12-14-39(65)66)42(69)58-33(19-37(51)63)46(73)57-32(18-25-7-9-26(61)10-8-25)45(72)60-35(21-77)47(74)59-34(48(75)76)20-38(52)64/h7-10,22-24,27-35,61,77H,11-21,49H2,1-6H3,(H2,50,62)(H2,51,63)(H2,52,64)(H,53,70)(H,54,71)(H,55,67)(H,56,68)(H,57,73)(H,58,69)(H,59,74)(H,60,72)(H,65,66)(H,75,76)/t27-,28-,29-,30-,31-,32-,33-,34-,35-/m0/s1. The minimum atomic E-state index is -1.94. The third kappa shape index (κ3) is 26.7. The van der Waals surface area contributed by atoms with E-state index >= 15 is 0 Å². The molecule has 0 saturated heterocycles. The van der Waals surface area contributed by atoms with Gasteiger partial charge in [0.2, 0.25) is 65.0 Å². The number of rotatable bonds is 36. The minimum Gasteiger partial charge on any atom is -0.508 e. The highest BCUT2D eigenvalue weighted by Gasteiger charge is 2.36. The van der Waals surface area contributed by atoms with Crippen LogP contribution in [0.3, 0.4) is 0 Å². The molecule has 9 atom stereocenters. The Balaban J connectivity index is 3.60. The van der Waals surface area contributed by atoms with Crippen molar-refractivity contribution in [3.05, 3.63) is 29.8 Å². The number of benzene rings is 1. The van der Waals surface area contributed by atoms with E-state index in [1.54, 1.807) is 27.7 Å². The van der Waals surface area contributed by atoms with Crippen LogP contribution in [0.1, 0.15) is 105 Å². The van der Waals surface area contributed by atoms with Crippen LogP contribution < -0.4 is 65.5 Å². The average Bonchev–Trinajstić information content (AvgIpc) is 3.31. The van der Waals surface area contributed by atoms with E-state index in [0.29, 0.717) is 12.0 Å². The van der Waals surface area contributed by atoms with Crippen molar-refractivity contribution in [3.63, 3.8) is 0 Å². The first kappa shape index (κ1) is 67.5. The molecule has 1 aromatic rings. The Morgan fingerprint density at radius 1 is 0.455 bits per heavy atom. The van der Waals surface area contributed by atoms with Crippen molar-refractivity contribution in [1.29, 1.82) is 0 Å². The van der Waals surface area contributed by atoms with Crippen LogP contribution in [0.15, 0.2) is 24.3 Å². The Kier molecular flexibility index (Phi) is 29.3. The fourth-order valence-corrected chi connectivity index (χ4v) is 7.64. The summed E-state index contributed by atoms with van der Waals surface area (Å²) in [6.07, 6.45) is -4.01. The van der Waals surface area contributed by atoms with E-state index in [2.05, 4.69) is 55.2 Å². The van der Waals surface area contributed by atoms with Gasteiger partial charge < -0.3 is 80.8 Å². The highest BCUT2D eigenvalue weighted by atomic mass is 32.1. The molecule has 0 bridgehead atoms. The maximum Gasteiger partial charge on any atom is 0.326 e. The lowest BCUT2D eigenvalue weighted by molar-refractivity contribution is -0.143. The van der Waals surface area contributed by atoms with Gasteiger partial charge in [0.05, 0.1) is 18.9 Å². The molecule has 0 fully saturated rings. The quantitative estimate of drug-likeness (QED) is 0.0286. The van der Waals surface area contributed by atoms with Crippen LogP contribution in [-0.4, -0.2) is 152 Å². The molecule has 0 spiro atoms. The summed E-state index contributed by atoms with van der Waals surface area (Å²) < 4.78 is 0. The molecule has 0 aliphatic rings. The van der Waals surface area contributed by atoms with E-state index in [0.717, 1.165) is 0 Å². The molecule has 77 heavy (non-hydrogen) atoms. The molecule has 0 aliphatic heterocycles. The summed E-state index contributed by atoms with van der Waals surface area (Å²) in [6, 6.07) is -8.75. The second-order valence-corrected chi connectivity index (χ2v) is 20.0. The zero-order chi connectivity index (χ0) is 58.9. The number of carbonyl (C=O) groups is 13. The maximum absolute atomic E-state index is 14.1. The van der Waals surface area contributed by atoms with Gasteiger partial charge in [0.25, 0.3) is 0 Å². The van der Waals surface area contributed by atoms with Crippen molar-refractivity contribution in [2.75, 3.05) is 5.75 Å². The lowest BCUT2D eigenvalue weighted by atomic mass is 9.99. The van der Waals surface area contributed by atoms with Crippen LogP contribution in [0, 0.1) is 17.8 Å². The van der Waals surface area contributed by atoms with Gasteiger partial charge in [-0.15, -0.1) is 0 Å². The summed E-state index contributed by atoms with van der Waals surface area (Å²) in [4.78, 5) is 169. The van der Waals surface area contributed by atoms with E-state index < -0.39 is 169 Å². The van der Waals surface area contributed by atoms with Crippen LogP contribution >= 0.6 is 12.6 Å². The number of carboxylic acid groups (broad SMARTS) is 2. The number of nitrogens with one attached hydrogen (secondary N) is 8. The van der Waals surface area contributed by atoms with E-state index in [-0.39, 0.29) is 49.2 Å². The highest BCUT2D eigenvalue weighted by molar-refractivity contribution is 7.80. The van der Waals surface area contributed by atoms with Crippen molar-refractivity contribution in [1.82, 2.24) is 42.5 Å². The van der Waals surface area contributed by atoms with Crippen molar-refractivity contribution >= 4 is 89.5 Å². The molecule has 0 radical (unpaired) electrons. The van der Waals surface area contributed by atoms with E-state index in [9.17, 15) is 77.6 Å². The number of carbonyl (C=O) groups excluding carboxylic acids is 11. The molecular weight excluding hydrogens is 1030 g/mol. The number of amides is 11. The number of hydrogen-bond donors (Lipinski definition) is 16. The van der Waals surface area contributed by atoms with Gasteiger partial charge in [0, 0.05) is 25.0 Å². The minimum absolute atomic E-state index is 0.0496. The van der Waals surface area contributed by atoms with Crippen molar-refractivity contribution < 1.29 is 77.6 Å². The number of phenolic OH excluding ortho intramolecular Hbond substituents is 1. The van der Waals surface area contributed by atoms with Crippen LogP contribution in [0.2, 0.25) is 0 Å². The number of carboxylic acids is 2. The van der Waals surface area contributed by atoms with E-state index in [1.807, 2.05) is 13.8 Å². The second-order valence-electron chi connectivity index (χ2n) is 19.7. The molecule has 0 aromatic heterocycles. The van der Waals surface area contributed by atoms with Crippen molar-refractivity contribution in [3.8, 4) is 5.75 Å². The van der Waals surface area contributed by atoms with Gasteiger partial charge in [0.15, 0.2) is 0 Å². The first-order valence-electron chi connectivity index (χ1n) is 24.7. The second kappa shape index (κ2) is 33.5. The third-order valence-electron chi connectivity index (χ3n) is 11.2. The predicted octanol–water partition coefficient (Wildman–Crippen LogP) is -3.83. The van der Waals surface area contributed by atoms with Gasteiger partial charge >= 0.3 is 11.9 Å². The van der Waals surface area contributed by atoms with Gasteiger partial charge in [-0.25, -0.2) is 4.79 Å². The van der Waals surface area contributed by atoms with Gasteiger partial charge in [-0.1, -0.05) is 53.7 Å². The molecule has 29 heteroatoms. The number of aromatic hydroxyl groups is 1. The van der Waals surface area contributed by atoms with Crippen LogP contribution in [0.5, 0.6) is 5.75 Å². The molecule has 0 unspecified atom stereocenters. The molecule has 11 amide bonds. The summed E-state index contributed by atoms with van der Waals surface area (Å²) in [6.45, 7) is 10.6. The fraction of sp³-hybridized carbons (Fsp3) is 0.604. The number of nitrogens with two attached hydrogens (primary N) is 4. The van der Waals surface area contributed by atoms with Crippen LogP contribution in [0.25, 0.3) is 0 Å². The Morgan fingerprint density at radius 2 is 0.805 bits per heavy atom. The fourth-order valence-electron chi connectivity index (χ4n) is 7.38. The smallest absolute Gasteiger partial charge is 0.326 e. The summed E-state index contributed by atoms with van der Waals surface area (Å²) in [5, 5.41) is 47.9. The first-order chi connectivity index (χ1) is 35.8. The SMILES string of the molecule is CC(C)C[C@H](NC(=O)[C@H](CCC(N)=O)NC(=O)[C@H](CC(C)C)NC(=O)[C@@H](N)CC(C)C)C(=O)N[C@@H](CCC(=O)O)C(=O)N[C@@H](CC(N)=O)C(=O)N[C@@H](Cc1ccc(O)cc1)C(=O)N[C@@H](CS)C(=O)N[C@@H](CC(N)=O)C(=O)O. The Morgan fingerprint density at radius 3 is 1.23 bits per heavy atom. The van der Waals surface area contributed by atoms with Gasteiger partial charge in [-0.3, -0.25) is 57.5 Å². The van der Waals surface area contributed by atoms with Crippen LogP contribution in [0.4, 0.5) is 0 Å². The number of aliphatic carboxylic acids is 2. The van der Waals surface area contributed by atoms with Gasteiger partial charge in [-0.2, -0.15) is 12.6 Å². The van der Waals surface area contributed by atoms with E-state index in [4.69, 9.17) is 22.9 Å². The molecule has 19 N–H and O–H groups in total. The molecule has 0 aliphatic carbocycles. The predicted molar refractivity (Wildman–Crippen MR) is 278 cm³/mol. The topological polar surface area (TPSA) is 483 Å².